The van der Waals surface area contributed by atoms with Crippen molar-refractivity contribution in [3.05, 3.63) is 70.2 Å². The lowest BCUT2D eigenvalue weighted by atomic mass is 10.0. The summed E-state index contributed by atoms with van der Waals surface area (Å²) in [7, 11) is 2.14. The highest BCUT2D eigenvalue weighted by atomic mass is 79.9. The second-order valence-electron chi connectivity index (χ2n) is 9.39. The van der Waals surface area contributed by atoms with E-state index in [1.807, 2.05) is 59.5 Å². The van der Waals surface area contributed by atoms with Crippen LogP contribution in [0, 0.1) is 5.92 Å². The SMILES string of the molecule is CC(C)CCN(Cc1c(-c2ccccc2)noc1N1CCN(C)CC1)C(=O)c1cccc(Br)c1. The lowest BCUT2D eigenvalue weighted by molar-refractivity contribution is 0.0735. The molecule has 180 valence electrons. The topological polar surface area (TPSA) is 52.8 Å². The van der Waals surface area contributed by atoms with Gasteiger partial charge in [0, 0.05) is 48.3 Å². The number of halogens is 1. The molecule has 2 heterocycles. The second kappa shape index (κ2) is 11.2. The Labute approximate surface area is 210 Å². The number of carbonyl (C=O) groups excluding carboxylic acids is 1. The van der Waals surface area contributed by atoms with Crippen LogP contribution >= 0.6 is 15.9 Å². The number of rotatable bonds is 8. The minimum atomic E-state index is 0.0199. The molecule has 1 saturated heterocycles. The molecular weight excluding hydrogens is 492 g/mol. The van der Waals surface area contributed by atoms with E-state index in [4.69, 9.17) is 4.52 Å². The maximum Gasteiger partial charge on any atom is 0.254 e. The quantitative estimate of drug-likeness (QED) is 0.387. The van der Waals surface area contributed by atoms with E-state index in [1.165, 1.54) is 0 Å². The van der Waals surface area contributed by atoms with E-state index < -0.39 is 0 Å². The summed E-state index contributed by atoms with van der Waals surface area (Å²) in [6.45, 7) is 9.18. The summed E-state index contributed by atoms with van der Waals surface area (Å²) in [5, 5.41) is 4.50. The first-order valence-electron chi connectivity index (χ1n) is 11.9. The van der Waals surface area contributed by atoms with Crippen molar-refractivity contribution in [3.63, 3.8) is 0 Å². The Morgan fingerprint density at radius 3 is 2.50 bits per heavy atom. The molecular formula is C27H33BrN4O2. The third-order valence-corrected chi connectivity index (χ3v) is 6.78. The van der Waals surface area contributed by atoms with Crippen LogP contribution in [-0.4, -0.2) is 60.6 Å². The highest BCUT2D eigenvalue weighted by Gasteiger charge is 2.28. The molecule has 1 aliphatic heterocycles. The fraction of sp³-hybridized carbons (Fsp3) is 0.407. The molecule has 0 atom stereocenters. The molecule has 34 heavy (non-hydrogen) atoms. The Bertz CT molecular complexity index is 1090. The molecule has 0 bridgehead atoms. The van der Waals surface area contributed by atoms with Crippen LogP contribution < -0.4 is 4.90 Å². The highest BCUT2D eigenvalue weighted by Crippen LogP contribution is 2.33. The summed E-state index contributed by atoms with van der Waals surface area (Å²) in [6.07, 6.45) is 0.926. The van der Waals surface area contributed by atoms with Crippen molar-refractivity contribution < 1.29 is 9.32 Å². The number of anilines is 1. The monoisotopic (exact) mass is 524 g/mol. The van der Waals surface area contributed by atoms with Crippen LogP contribution in [0.1, 0.15) is 36.2 Å². The first-order valence-corrected chi connectivity index (χ1v) is 12.7. The lowest BCUT2D eigenvalue weighted by Crippen LogP contribution is -2.45. The maximum atomic E-state index is 13.6. The molecule has 0 N–H and O–H groups in total. The fourth-order valence-electron chi connectivity index (χ4n) is 4.19. The maximum absolute atomic E-state index is 13.6. The predicted molar refractivity (Wildman–Crippen MR) is 140 cm³/mol. The highest BCUT2D eigenvalue weighted by molar-refractivity contribution is 9.10. The fourth-order valence-corrected chi connectivity index (χ4v) is 4.58. The van der Waals surface area contributed by atoms with Gasteiger partial charge < -0.3 is 19.2 Å². The number of hydrogen-bond donors (Lipinski definition) is 0. The Morgan fingerprint density at radius 2 is 1.82 bits per heavy atom. The molecule has 0 aliphatic carbocycles. The Morgan fingerprint density at radius 1 is 1.09 bits per heavy atom. The van der Waals surface area contributed by atoms with Gasteiger partial charge in [0.25, 0.3) is 5.91 Å². The zero-order chi connectivity index (χ0) is 24.1. The number of carbonyl (C=O) groups is 1. The van der Waals surface area contributed by atoms with Crippen molar-refractivity contribution in [3.8, 4) is 11.3 Å². The molecule has 1 aliphatic rings. The lowest BCUT2D eigenvalue weighted by Gasteiger charge is -2.33. The van der Waals surface area contributed by atoms with Crippen LogP contribution in [0.25, 0.3) is 11.3 Å². The Kier molecular flexibility index (Phi) is 8.06. The molecule has 1 fully saturated rings. The first-order chi connectivity index (χ1) is 16.4. The van der Waals surface area contributed by atoms with Gasteiger partial charge in [-0.05, 0) is 37.6 Å². The number of likely N-dealkylation sites (N-methyl/N-ethyl adjacent to an activating group) is 1. The molecule has 6 nitrogen and oxygen atoms in total. The van der Waals surface area contributed by atoms with Crippen LogP contribution in [0.15, 0.2) is 63.6 Å². The summed E-state index contributed by atoms with van der Waals surface area (Å²) in [6, 6.07) is 17.7. The molecule has 3 aromatic rings. The molecule has 0 saturated carbocycles. The van der Waals surface area contributed by atoms with Crippen LogP contribution in [0.3, 0.4) is 0 Å². The first kappa shape index (κ1) is 24.5. The van der Waals surface area contributed by atoms with Crippen LogP contribution in [0.2, 0.25) is 0 Å². The van der Waals surface area contributed by atoms with Crippen molar-refractivity contribution in [1.82, 2.24) is 15.0 Å². The average molecular weight is 525 g/mol. The van der Waals surface area contributed by atoms with Crippen LogP contribution in [-0.2, 0) is 6.54 Å². The van der Waals surface area contributed by atoms with E-state index in [0.717, 1.165) is 59.8 Å². The van der Waals surface area contributed by atoms with E-state index in [2.05, 4.69) is 51.8 Å². The number of piperazine rings is 1. The van der Waals surface area contributed by atoms with E-state index >= 15 is 0 Å². The largest absolute Gasteiger partial charge is 0.338 e. The van der Waals surface area contributed by atoms with Gasteiger partial charge in [-0.2, -0.15) is 0 Å². The minimum Gasteiger partial charge on any atom is -0.338 e. The van der Waals surface area contributed by atoms with Gasteiger partial charge in [-0.25, -0.2) is 0 Å². The van der Waals surface area contributed by atoms with Crippen molar-refractivity contribution in [2.24, 2.45) is 5.92 Å². The molecule has 4 rings (SSSR count). The number of hydrogen-bond acceptors (Lipinski definition) is 5. The zero-order valence-corrected chi connectivity index (χ0v) is 21.8. The predicted octanol–water partition coefficient (Wildman–Crippen LogP) is 5.54. The van der Waals surface area contributed by atoms with Crippen molar-refractivity contribution >= 4 is 27.7 Å². The number of aromatic nitrogens is 1. The molecule has 1 amide bonds. The molecule has 0 unspecified atom stereocenters. The Hall–Kier alpha value is -2.64. The van der Waals surface area contributed by atoms with Gasteiger partial charge in [-0.15, -0.1) is 0 Å². The van der Waals surface area contributed by atoms with E-state index in [0.29, 0.717) is 24.6 Å². The van der Waals surface area contributed by atoms with Gasteiger partial charge in [0.1, 0.15) is 5.69 Å². The summed E-state index contributed by atoms with van der Waals surface area (Å²) < 4.78 is 6.87. The summed E-state index contributed by atoms with van der Waals surface area (Å²) in [5.41, 5.74) is 3.46. The van der Waals surface area contributed by atoms with Crippen LogP contribution in [0.4, 0.5) is 5.88 Å². The van der Waals surface area contributed by atoms with E-state index in [9.17, 15) is 4.79 Å². The molecule has 7 heteroatoms. The van der Waals surface area contributed by atoms with Gasteiger partial charge in [-0.3, -0.25) is 4.79 Å². The van der Waals surface area contributed by atoms with Gasteiger partial charge in [0.15, 0.2) is 0 Å². The van der Waals surface area contributed by atoms with Crippen LogP contribution in [0.5, 0.6) is 0 Å². The third-order valence-electron chi connectivity index (χ3n) is 6.29. The summed E-state index contributed by atoms with van der Waals surface area (Å²) in [4.78, 5) is 20.2. The zero-order valence-electron chi connectivity index (χ0n) is 20.2. The van der Waals surface area contributed by atoms with Crippen molar-refractivity contribution in [1.29, 1.82) is 0 Å². The number of benzene rings is 2. The van der Waals surface area contributed by atoms with Gasteiger partial charge in [0.05, 0.1) is 12.1 Å². The van der Waals surface area contributed by atoms with E-state index in [-0.39, 0.29) is 5.91 Å². The molecule has 0 spiro atoms. The number of amides is 1. The van der Waals surface area contributed by atoms with E-state index in [1.54, 1.807) is 0 Å². The van der Waals surface area contributed by atoms with Crippen molar-refractivity contribution in [2.75, 3.05) is 44.7 Å². The Balaban J connectivity index is 1.71. The van der Waals surface area contributed by atoms with Gasteiger partial charge in [0.2, 0.25) is 5.88 Å². The average Bonchev–Trinajstić information content (AvgIpc) is 3.25. The van der Waals surface area contributed by atoms with Gasteiger partial charge in [-0.1, -0.05) is 71.3 Å². The molecule has 0 radical (unpaired) electrons. The van der Waals surface area contributed by atoms with Gasteiger partial charge >= 0.3 is 0 Å². The summed E-state index contributed by atoms with van der Waals surface area (Å²) in [5.74, 6) is 1.29. The normalized spacial score (nSPS) is 14.6. The smallest absolute Gasteiger partial charge is 0.254 e. The summed E-state index contributed by atoms with van der Waals surface area (Å²) >= 11 is 3.51. The second-order valence-corrected chi connectivity index (χ2v) is 10.3. The molecule has 2 aromatic carbocycles. The van der Waals surface area contributed by atoms with Crippen molar-refractivity contribution in [2.45, 2.75) is 26.8 Å². The third kappa shape index (κ3) is 5.88. The molecule has 1 aromatic heterocycles. The minimum absolute atomic E-state index is 0.0199. The standard InChI is InChI=1S/C27H33BrN4O2/c1-20(2)12-13-32(26(33)22-10-7-11-23(28)18-22)19-24-25(21-8-5-4-6-9-21)29-34-27(24)31-16-14-30(3)15-17-31/h4-11,18,20H,12-17,19H2,1-3H3. The number of nitrogens with zero attached hydrogens (tertiary/aromatic N) is 4.